The van der Waals surface area contributed by atoms with Crippen LogP contribution in [0, 0.1) is 4.77 Å². The lowest BCUT2D eigenvalue weighted by molar-refractivity contribution is 0.866. The number of nitrogens with zero attached hydrogens (tertiary/aromatic N) is 5. The summed E-state index contributed by atoms with van der Waals surface area (Å²) in [6.07, 6.45) is 6.02. The summed E-state index contributed by atoms with van der Waals surface area (Å²) in [5.41, 5.74) is 2.88. The highest BCUT2D eigenvalue weighted by molar-refractivity contribution is 9.10. The fourth-order valence-electron chi connectivity index (χ4n) is 2.95. The average Bonchev–Trinajstić information content (AvgIpc) is 3.32. The summed E-state index contributed by atoms with van der Waals surface area (Å²) in [7, 11) is 0. The molecule has 1 aromatic carbocycles. The molecule has 3 aromatic rings. The number of rotatable bonds is 4. The zero-order valence-electron chi connectivity index (χ0n) is 14.0. The first-order chi connectivity index (χ1) is 12.7. The van der Waals surface area contributed by atoms with Gasteiger partial charge < -0.3 is 4.90 Å². The van der Waals surface area contributed by atoms with E-state index in [1.54, 1.807) is 10.9 Å². The third kappa shape index (κ3) is 3.61. The van der Waals surface area contributed by atoms with Crippen molar-refractivity contribution in [2.24, 2.45) is 5.10 Å². The van der Waals surface area contributed by atoms with Crippen LogP contribution in [0.3, 0.4) is 0 Å². The number of anilines is 1. The molecule has 0 atom stereocenters. The molecule has 0 spiro atoms. The first-order valence-electron chi connectivity index (χ1n) is 8.39. The van der Waals surface area contributed by atoms with Crippen molar-refractivity contribution in [1.29, 1.82) is 0 Å². The van der Waals surface area contributed by atoms with Gasteiger partial charge in [0, 0.05) is 29.4 Å². The molecule has 6 nitrogen and oxygen atoms in total. The fourth-order valence-corrected chi connectivity index (χ4v) is 3.40. The van der Waals surface area contributed by atoms with Gasteiger partial charge in [-0.1, -0.05) is 28.1 Å². The lowest BCUT2D eigenvalue weighted by atomic mass is 10.2. The molecule has 0 saturated carbocycles. The Balaban J connectivity index is 1.67. The Morgan fingerprint density at radius 3 is 2.69 bits per heavy atom. The van der Waals surface area contributed by atoms with Gasteiger partial charge in [0.15, 0.2) is 0 Å². The maximum atomic E-state index is 5.33. The summed E-state index contributed by atoms with van der Waals surface area (Å²) >= 11 is 8.76. The second kappa shape index (κ2) is 7.51. The standard InChI is InChI=1S/C18H17BrN6S/c19-14-5-3-13(4-6-14)12-21-25-17(22-23-18(25)26)16-11-15(7-8-20-16)24-9-1-2-10-24/h3-8,11-12H,1-2,9-10H2,(H,23,26)/b21-12+. The maximum Gasteiger partial charge on any atom is 0.216 e. The van der Waals surface area contributed by atoms with Gasteiger partial charge in [-0.2, -0.15) is 14.9 Å². The number of nitrogens with one attached hydrogen (secondary N) is 1. The van der Waals surface area contributed by atoms with Crippen molar-refractivity contribution in [1.82, 2.24) is 19.9 Å². The first-order valence-corrected chi connectivity index (χ1v) is 9.59. The lowest BCUT2D eigenvalue weighted by Crippen LogP contribution is -2.17. The minimum absolute atomic E-state index is 0.432. The molecule has 1 saturated heterocycles. The molecule has 1 aliphatic heterocycles. The van der Waals surface area contributed by atoms with Gasteiger partial charge in [0.25, 0.3) is 0 Å². The molecule has 0 unspecified atom stereocenters. The number of aromatic amines is 1. The van der Waals surface area contributed by atoms with Gasteiger partial charge >= 0.3 is 0 Å². The van der Waals surface area contributed by atoms with Crippen molar-refractivity contribution in [3.8, 4) is 11.5 Å². The van der Waals surface area contributed by atoms with Crippen LogP contribution in [-0.2, 0) is 0 Å². The predicted molar refractivity (Wildman–Crippen MR) is 109 cm³/mol. The Labute approximate surface area is 164 Å². The molecule has 1 aliphatic rings. The monoisotopic (exact) mass is 428 g/mol. The van der Waals surface area contributed by atoms with Crippen molar-refractivity contribution < 1.29 is 0 Å². The summed E-state index contributed by atoms with van der Waals surface area (Å²) < 4.78 is 3.06. The van der Waals surface area contributed by atoms with E-state index in [9.17, 15) is 0 Å². The Kier molecular flexibility index (Phi) is 4.94. The third-order valence-corrected chi connectivity index (χ3v) is 5.08. The van der Waals surface area contributed by atoms with E-state index in [2.05, 4.69) is 41.1 Å². The van der Waals surface area contributed by atoms with E-state index < -0.39 is 0 Å². The summed E-state index contributed by atoms with van der Waals surface area (Å²) in [5.74, 6) is 0.601. The average molecular weight is 429 g/mol. The normalized spacial score (nSPS) is 14.4. The second-order valence-electron chi connectivity index (χ2n) is 6.05. The van der Waals surface area contributed by atoms with Gasteiger partial charge in [0.1, 0.15) is 5.69 Å². The van der Waals surface area contributed by atoms with Crippen LogP contribution < -0.4 is 4.90 Å². The van der Waals surface area contributed by atoms with E-state index in [-0.39, 0.29) is 0 Å². The molecule has 0 bridgehead atoms. The van der Waals surface area contributed by atoms with Crippen molar-refractivity contribution in [3.05, 3.63) is 57.4 Å². The zero-order chi connectivity index (χ0) is 17.9. The summed E-state index contributed by atoms with van der Waals surface area (Å²) in [5, 5.41) is 11.6. The highest BCUT2D eigenvalue weighted by atomic mass is 79.9. The fraction of sp³-hybridized carbons (Fsp3) is 0.222. The minimum atomic E-state index is 0.432. The first kappa shape index (κ1) is 17.1. The molecule has 0 aliphatic carbocycles. The number of hydrogen-bond acceptors (Lipinski definition) is 5. The number of hydrogen-bond donors (Lipinski definition) is 1. The Hall–Kier alpha value is -2.32. The lowest BCUT2D eigenvalue weighted by Gasteiger charge is -2.17. The van der Waals surface area contributed by atoms with E-state index in [0.717, 1.165) is 34.5 Å². The van der Waals surface area contributed by atoms with Crippen LogP contribution in [-0.4, -0.2) is 39.2 Å². The Bertz CT molecular complexity index is 985. The van der Waals surface area contributed by atoms with Crippen LogP contribution in [0.4, 0.5) is 5.69 Å². The Morgan fingerprint density at radius 2 is 1.92 bits per heavy atom. The summed E-state index contributed by atoms with van der Waals surface area (Å²) in [4.78, 5) is 6.83. The second-order valence-corrected chi connectivity index (χ2v) is 7.36. The van der Waals surface area contributed by atoms with E-state index in [4.69, 9.17) is 12.2 Å². The van der Waals surface area contributed by atoms with Gasteiger partial charge in [0.2, 0.25) is 10.6 Å². The number of benzene rings is 1. The smallest absolute Gasteiger partial charge is 0.216 e. The molecular formula is C18H17BrN6S. The molecular weight excluding hydrogens is 412 g/mol. The number of H-pyrrole nitrogens is 1. The molecule has 1 fully saturated rings. The highest BCUT2D eigenvalue weighted by Crippen LogP contribution is 2.24. The largest absolute Gasteiger partial charge is 0.371 e. The molecule has 4 rings (SSSR count). The van der Waals surface area contributed by atoms with Gasteiger partial charge in [-0.15, -0.1) is 0 Å². The molecule has 0 radical (unpaired) electrons. The SMILES string of the molecule is S=c1[nH]nc(-c2cc(N3CCCC3)ccn2)n1/N=C/c1ccc(Br)cc1. The van der Waals surface area contributed by atoms with E-state index in [1.807, 2.05) is 42.6 Å². The minimum Gasteiger partial charge on any atom is -0.371 e. The van der Waals surface area contributed by atoms with Crippen LogP contribution in [0.1, 0.15) is 18.4 Å². The topological polar surface area (TPSA) is 62.1 Å². The van der Waals surface area contributed by atoms with Crippen molar-refractivity contribution >= 4 is 40.0 Å². The molecule has 3 heterocycles. The predicted octanol–water partition coefficient (Wildman–Crippen LogP) is 4.25. The Morgan fingerprint density at radius 1 is 1.15 bits per heavy atom. The van der Waals surface area contributed by atoms with E-state index in [0.29, 0.717) is 10.6 Å². The van der Waals surface area contributed by atoms with E-state index >= 15 is 0 Å². The third-order valence-electron chi connectivity index (χ3n) is 4.29. The van der Waals surface area contributed by atoms with Gasteiger partial charge in [-0.05, 0) is 54.9 Å². The molecule has 0 amide bonds. The number of halogens is 1. The van der Waals surface area contributed by atoms with Crippen LogP contribution >= 0.6 is 28.1 Å². The quantitative estimate of drug-likeness (QED) is 0.498. The van der Waals surface area contributed by atoms with Crippen LogP contribution in [0.25, 0.3) is 11.5 Å². The number of aromatic nitrogens is 4. The van der Waals surface area contributed by atoms with Crippen molar-refractivity contribution in [2.75, 3.05) is 18.0 Å². The van der Waals surface area contributed by atoms with Crippen LogP contribution in [0.2, 0.25) is 0 Å². The molecule has 26 heavy (non-hydrogen) atoms. The van der Waals surface area contributed by atoms with Gasteiger partial charge in [0.05, 0.1) is 6.21 Å². The highest BCUT2D eigenvalue weighted by Gasteiger charge is 2.15. The van der Waals surface area contributed by atoms with Gasteiger partial charge in [-0.3, -0.25) is 4.98 Å². The molecule has 8 heteroatoms. The maximum absolute atomic E-state index is 5.33. The van der Waals surface area contributed by atoms with Crippen molar-refractivity contribution in [2.45, 2.75) is 12.8 Å². The van der Waals surface area contributed by atoms with Crippen LogP contribution in [0.15, 0.2) is 52.2 Å². The van der Waals surface area contributed by atoms with Crippen molar-refractivity contribution in [3.63, 3.8) is 0 Å². The summed E-state index contributed by atoms with van der Waals surface area (Å²) in [6, 6.07) is 12.0. The molecule has 1 N–H and O–H groups in total. The van der Waals surface area contributed by atoms with Crippen LogP contribution in [0.5, 0.6) is 0 Å². The zero-order valence-corrected chi connectivity index (χ0v) is 16.4. The number of pyridine rings is 1. The molecule has 2 aromatic heterocycles. The van der Waals surface area contributed by atoms with E-state index in [1.165, 1.54) is 12.8 Å². The summed E-state index contributed by atoms with van der Waals surface area (Å²) in [6.45, 7) is 2.16. The molecule has 132 valence electrons. The van der Waals surface area contributed by atoms with Gasteiger partial charge in [-0.25, -0.2) is 5.10 Å².